The van der Waals surface area contributed by atoms with E-state index in [4.69, 9.17) is 4.74 Å². The highest BCUT2D eigenvalue weighted by molar-refractivity contribution is 6.06. The molecule has 0 spiro atoms. The average molecular weight is 311 g/mol. The van der Waals surface area contributed by atoms with Crippen LogP contribution in [-0.2, 0) is 6.54 Å². The molecule has 0 saturated carbocycles. The monoisotopic (exact) mass is 311 g/mol. The Morgan fingerprint density at radius 1 is 1.35 bits per heavy atom. The molecule has 0 saturated heterocycles. The summed E-state index contributed by atoms with van der Waals surface area (Å²) in [5.41, 5.74) is 1.81. The van der Waals surface area contributed by atoms with Crippen LogP contribution in [0.2, 0.25) is 0 Å². The van der Waals surface area contributed by atoms with Gasteiger partial charge in [0, 0.05) is 12.7 Å². The standard InChI is InChI=1S/C18H21N3O2/c1-4-10-21-12-13(3)15(11-19)17(21)20-18(22)14-8-6-7-9-16(14)23-5-2/h6-9,12H,4-5,10H2,1-3H3,(H,20,22). The predicted molar refractivity (Wildman–Crippen MR) is 89.7 cm³/mol. The van der Waals surface area contributed by atoms with Gasteiger partial charge in [0.1, 0.15) is 17.6 Å². The number of para-hydroxylation sites is 1. The topological polar surface area (TPSA) is 67.0 Å². The van der Waals surface area contributed by atoms with Crippen molar-refractivity contribution in [1.29, 1.82) is 5.26 Å². The van der Waals surface area contributed by atoms with Crippen molar-refractivity contribution >= 4 is 11.7 Å². The minimum Gasteiger partial charge on any atom is -0.493 e. The van der Waals surface area contributed by atoms with Crippen LogP contribution in [0.3, 0.4) is 0 Å². The zero-order valence-electron chi connectivity index (χ0n) is 13.7. The summed E-state index contributed by atoms with van der Waals surface area (Å²) in [4.78, 5) is 12.6. The lowest BCUT2D eigenvalue weighted by Crippen LogP contribution is -2.17. The number of aromatic nitrogens is 1. The van der Waals surface area contributed by atoms with E-state index in [0.717, 1.165) is 18.5 Å². The number of rotatable bonds is 6. The van der Waals surface area contributed by atoms with E-state index in [-0.39, 0.29) is 5.91 Å². The van der Waals surface area contributed by atoms with Crippen molar-refractivity contribution in [3.63, 3.8) is 0 Å². The molecular formula is C18H21N3O2. The summed E-state index contributed by atoms with van der Waals surface area (Å²) in [6.07, 6.45) is 2.81. The summed E-state index contributed by atoms with van der Waals surface area (Å²) >= 11 is 0. The number of anilines is 1. The molecule has 1 aromatic carbocycles. The van der Waals surface area contributed by atoms with E-state index < -0.39 is 0 Å². The van der Waals surface area contributed by atoms with Crippen LogP contribution in [0.25, 0.3) is 0 Å². The molecule has 5 nitrogen and oxygen atoms in total. The first-order valence-corrected chi connectivity index (χ1v) is 7.75. The lowest BCUT2D eigenvalue weighted by Gasteiger charge is -2.12. The fraction of sp³-hybridized carbons (Fsp3) is 0.333. The second-order valence-electron chi connectivity index (χ2n) is 5.22. The summed E-state index contributed by atoms with van der Waals surface area (Å²) in [5, 5.41) is 12.2. The number of ether oxygens (including phenoxy) is 1. The number of nitrogens with one attached hydrogen (secondary N) is 1. The maximum Gasteiger partial charge on any atom is 0.260 e. The fourth-order valence-corrected chi connectivity index (χ4v) is 2.50. The summed E-state index contributed by atoms with van der Waals surface area (Å²) in [6, 6.07) is 9.27. The van der Waals surface area contributed by atoms with Gasteiger partial charge in [-0.25, -0.2) is 0 Å². The minimum absolute atomic E-state index is 0.277. The van der Waals surface area contributed by atoms with Crippen LogP contribution >= 0.6 is 0 Å². The maximum atomic E-state index is 12.6. The molecule has 1 aromatic heterocycles. The fourth-order valence-electron chi connectivity index (χ4n) is 2.50. The number of hydrogen-bond donors (Lipinski definition) is 1. The Labute approximate surface area is 136 Å². The Bertz CT molecular complexity index is 741. The van der Waals surface area contributed by atoms with Crippen LogP contribution in [0.15, 0.2) is 30.5 Å². The van der Waals surface area contributed by atoms with Crippen LogP contribution in [0.5, 0.6) is 5.75 Å². The van der Waals surface area contributed by atoms with Crippen molar-refractivity contribution < 1.29 is 9.53 Å². The van der Waals surface area contributed by atoms with E-state index in [2.05, 4.69) is 18.3 Å². The zero-order chi connectivity index (χ0) is 16.8. The molecule has 0 radical (unpaired) electrons. The van der Waals surface area contributed by atoms with Crippen molar-refractivity contribution in [3.8, 4) is 11.8 Å². The van der Waals surface area contributed by atoms with Crippen molar-refractivity contribution in [3.05, 3.63) is 47.2 Å². The van der Waals surface area contributed by atoms with Crippen LogP contribution in [0, 0.1) is 18.3 Å². The Kier molecular flexibility index (Phi) is 5.42. The Hall–Kier alpha value is -2.74. The Morgan fingerprint density at radius 3 is 2.74 bits per heavy atom. The van der Waals surface area contributed by atoms with Crippen molar-refractivity contribution in [1.82, 2.24) is 4.57 Å². The largest absolute Gasteiger partial charge is 0.493 e. The van der Waals surface area contributed by atoms with Gasteiger partial charge in [-0.3, -0.25) is 4.79 Å². The quantitative estimate of drug-likeness (QED) is 0.884. The lowest BCUT2D eigenvalue weighted by molar-refractivity contribution is 0.102. The van der Waals surface area contributed by atoms with E-state index >= 15 is 0 Å². The van der Waals surface area contributed by atoms with Gasteiger partial charge in [-0.2, -0.15) is 5.26 Å². The average Bonchev–Trinajstić information content (AvgIpc) is 2.83. The molecule has 0 aliphatic heterocycles. The van der Waals surface area contributed by atoms with Crippen molar-refractivity contribution in [2.45, 2.75) is 33.7 Å². The molecule has 2 aromatic rings. The SMILES string of the molecule is CCCn1cc(C)c(C#N)c1NC(=O)c1ccccc1OCC. The smallest absolute Gasteiger partial charge is 0.260 e. The molecule has 0 fully saturated rings. The lowest BCUT2D eigenvalue weighted by atomic mass is 10.1. The third-order valence-corrected chi connectivity index (χ3v) is 3.51. The number of carbonyl (C=O) groups excluding carboxylic acids is 1. The molecule has 120 valence electrons. The van der Waals surface area contributed by atoms with E-state index in [1.807, 2.05) is 30.7 Å². The molecule has 5 heteroatoms. The van der Waals surface area contributed by atoms with Gasteiger partial charge < -0.3 is 14.6 Å². The Morgan fingerprint density at radius 2 is 2.09 bits per heavy atom. The highest BCUT2D eigenvalue weighted by Crippen LogP contribution is 2.25. The van der Waals surface area contributed by atoms with Gasteiger partial charge >= 0.3 is 0 Å². The normalized spacial score (nSPS) is 10.2. The first-order valence-electron chi connectivity index (χ1n) is 7.75. The van der Waals surface area contributed by atoms with E-state index in [1.54, 1.807) is 18.2 Å². The molecule has 0 unspecified atom stereocenters. The van der Waals surface area contributed by atoms with Gasteiger partial charge in [-0.05, 0) is 38.0 Å². The van der Waals surface area contributed by atoms with E-state index in [9.17, 15) is 10.1 Å². The van der Waals surface area contributed by atoms with Gasteiger partial charge in [-0.1, -0.05) is 19.1 Å². The van der Waals surface area contributed by atoms with Crippen LogP contribution in [0.1, 0.15) is 41.8 Å². The van der Waals surface area contributed by atoms with Crippen LogP contribution in [-0.4, -0.2) is 17.1 Å². The second-order valence-corrected chi connectivity index (χ2v) is 5.22. The van der Waals surface area contributed by atoms with Crippen LogP contribution < -0.4 is 10.1 Å². The highest BCUT2D eigenvalue weighted by atomic mass is 16.5. The number of carbonyl (C=O) groups is 1. The van der Waals surface area contributed by atoms with Crippen LogP contribution in [0.4, 0.5) is 5.82 Å². The minimum atomic E-state index is -0.277. The molecule has 1 amide bonds. The highest BCUT2D eigenvalue weighted by Gasteiger charge is 2.18. The van der Waals surface area contributed by atoms with Crippen molar-refractivity contribution in [2.75, 3.05) is 11.9 Å². The second kappa shape index (κ2) is 7.50. The summed E-state index contributed by atoms with van der Waals surface area (Å²) < 4.78 is 7.41. The van der Waals surface area contributed by atoms with E-state index in [0.29, 0.717) is 29.3 Å². The van der Waals surface area contributed by atoms with E-state index in [1.165, 1.54) is 0 Å². The number of nitrogens with zero attached hydrogens (tertiary/aromatic N) is 2. The van der Waals surface area contributed by atoms with Gasteiger partial charge in [0.05, 0.1) is 17.7 Å². The maximum absolute atomic E-state index is 12.6. The third kappa shape index (κ3) is 3.54. The summed E-state index contributed by atoms with van der Waals surface area (Å²) in [6.45, 7) is 7.02. The van der Waals surface area contributed by atoms with Gasteiger partial charge in [0.2, 0.25) is 0 Å². The molecular weight excluding hydrogens is 290 g/mol. The van der Waals surface area contributed by atoms with Crippen molar-refractivity contribution in [2.24, 2.45) is 0 Å². The first kappa shape index (κ1) is 16.6. The number of hydrogen-bond acceptors (Lipinski definition) is 3. The molecule has 2 rings (SSSR count). The Balaban J connectivity index is 2.36. The third-order valence-electron chi connectivity index (χ3n) is 3.51. The van der Waals surface area contributed by atoms with Gasteiger partial charge in [-0.15, -0.1) is 0 Å². The molecule has 0 aliphatic rings. The number of amides is 1. The number of benzene rings is 1. The first-order chi connectivity index (χ1) is 11.1. The molecule has 1 heterocycles. The summed E-state index contributed by atoms with van der Waals surface area (Å²) in [5.74, 6) is 0.806. The van der Waals surface area contributed by atoms with Gasteiger partial charge in [0.25, 0.3) is 5.91 Å². The predicted octanol–water partition coefficient (Wildman–Crippen LogP) is 3.73. The molecule has 0 aliphatic carbocycles. The zero-order valence-corrected chi connectivity index (χ0v) is 13.7. The number of nitriles is 1. The molecule has 0 bridgehead atoms. The molecule has 1 N–H and O–H groups in total. The number of aryl methyl sites for hydroxylation is 2. The molecule has 0 atom stereocenters. The summed E-state index contributed by atoms with van der Waals surface area (Å²) in [7, 11) is 0. The molecule has 23 heavy (non-hydrogen) atoms. The van der Waals surface area contributed by atoms with Gasteiger partial charge in [0.15, 0.2) is 0 Å².